The van der Waals surface area contributed by atoms with Crippen molar-refractivity contribution in [1.82, 2.24) is 4.72 Å². The molecule has 0 saturated carbocycles. The Morgan fingerprint density at radius 2 is 1.83 bits per heavy atom. The highest BCUT2D eigenvalue weighted by Gasteiger charge is 2.12. The Balaban J connectivity index is 2.61. The van der Waals surface area contributed by atoms with Gasteiger partial charge in [0, 0.05) is 6.54 Å². The Labute approximate surface area is 124 Å². The van der Waals surface area contributed by atoms with Crippen LogP contribution in [0.1, 0.15) is 31.7 Å². The predicted molar refractivity (Wildman–Crippen MR) is 83.7 cm³/mol. The molecular formula is C13H20INO2S. The van der Waals surface area contributed by atoms with Gasteiger partial charge in [0.05, 0.1) is 4.90 Å². The molecule has 3 nitrogen and oxygen atoms in total. The normalized spacial score (nSPS) is 11.7. The van der Waals surface area contributed by atoms with Crippen LogP contribution in [0.25, 0.3) is 0 Å². The highest BCUT2D eigenvalue weighted by Crippen LogP contribution is 2.11. The summed E-state index contributed by atoms with van der Waals surface area (Å²) in [5, 5.41) is 0. The number of aryl methyl sites for hydroxylation is 1. The predicted octanol–water partition coefficient (Wildman–Crippen LogP) is 3.13. The van der Waals surface area contributed by atoms with Crippen LogP contribution < -0.4 is 4.72 Å². The molecule has 0 heterocycles. The molecule has 0 aliphatic carbocycles. The first-order valence-corrected chi connectivity index (χ1v) is 9.25. The molecule has 102 valence electrons. The Morgan fingerprint density at radius 3 is 2.39 bits per heavy atom. The molecule has 0 aromatic heterocycles. The fraction of sp³-hybridized carbons (Fsp3) is 0.538. The molecule has 5 heteroatoms. The quantitative estimate of drug-likeness (QED) is 0.427. The molecule has 0 atom stereocenters. The first-order chi connectivity index (χ1) is 8.60. The van der Waals surface area contributed by atoms with Crippen LogP contribution >= 0.6 is 22.6 Å². The molecule has 0 amide bonds. The molecule has 1 N–H and O–H groups in total. The van der Waals surface area contributed by atoms with Crippen molar-refractivity contribution >= 4 is 32.6 Å². The number of hydrogen-bond acceptors (Lipinski definition) is 2. The topological polar surface area (TPSA) is 46.2 Å². The van der Waals surface area contributed by atoms with Crippen molar-refractivity contribution in [3.63, 3.8) is 0 Å². The summed E-state index contributed by atoms with van der Waals surface area (Å²) in [5.74, 6) is 0. The van der Waals surface area contributed by atoms with Crippen LogP contribution in [-0.4, -0.2) is 19.4 Å². The lowest BCUT2D eigenvalue weighted by molar-refractivity contribution is 0.578. The first-order valence-electron chi connectivity index (χ1n) is 6.24. The third kappa shape index (κ3) is 5.24. The molecule has 0 bridgehead atoms. The van der Waals surface area contributed by atoms with Crippen LogP contribution in [0.5, 0.6) is 0 Å². The summed E-state index contributed by atoms with van der Waals surface area (Å²) in [4.78, 5) is 0.358. The number of alkyl halides is 1. The monoisotopic (exact) mass is 381 g/mol. The summed E-state index contributed by atoms with van der Waals surface area (Å²) in [6.07, 6.45) is 3.98. The standard InChI is InChI=1S/C13H20INO2S/c1-2-5-12-6-8-13(9-7-12)18(16,17)15-11-4-3-10-14/h6-9,15H,2-5,10-11H2,1H3. The van der Waals surface area contributed by atoms with Gasteiger partial charge in [-0.2, -0.15) is 0 Å². The van der Waals surface area contributed by atoms with E-state index < -0.39 is 10.0 Å². The van der Waals surface area contributed by atoms with Gasteiger partial charge in [-0.1, -0.05) is 48.1 Å². The van der Waals surface area contributed by atoms with Crippen molar-refractivity contribution < 1.29 is 8.42 Å². The van der Waals surface area contributed by atoms with Gasteiger partial charge < -0.3 is 0 Å². The molecule has 0 aliphatic heterocycles. The van der Waals surface area contributed by atoms with Gasteiger partial charge in [0.15, 0.2) is 0 Å². The minimum atomic E-state index is -3.32. The molecule has 0 radical (unpaired) electrons. The zero-order valence-electron chi connectivity index (χ0n) is 10.7. The number of unbranched alkanes of at least 4 members (excludes halogenated alkanes) is 1. The van der Waals surface area contributed by atoms with E-state index in [0.29, 0.717) is 11.4 Å². The maximum atomic E-state index is 12.0. The van der Waals surface area contributed by atoms with Crippen molar-refractivity contribution in [3.8, 4) is 0 Å². The van der Waals surface area contributed by atoms with E-state index in [4.69, 9.17) is 0 Å². The molecule has 0 spiro atoms. The lowest BCUT2D eigenvalue weighted by Gasteiger charge is -2.07. The van der Waals surface area contributed by atoms with E-state index in [1.54, 1.807) is 12.1 Å². The van der Waals surface area contributed by atoms with Crippen molar-refractivity contribution in [2.75, 3.05) is 11.0 Å². The van der Waals surface area contributed by atoms with Crippen molar-refractivity contribution in [1.29, 1.82) is 0 Å². The maximum absolute atomic E-state index is 12.0. The molecule has 0 aliphatic rings. The van der Waals surface area contributed by atoms with Crippen LogP contribution in [0.2, 0.25) is 0 Å². The fourth-order valence-corrected chi connectivity index (χ4v) is 3.25. The van der Waals surface area contributed by atoms with Gasteiger partial charge in [0.1, 0.15) is 0 Å². The Kier molecular flexibility index (Phi) is 7.18. The summed E-state index contributed by atoms with van der Waals surface area (Å²) in [7, 11) is -3.32. The third-order valence-electron chi connectivity index (χ3n) is 2.62. The van der Waals surface area contributed by atoms with E-state index in [2.05, 4.69) is 34.2 Å². The van der Waals surface area contributed by atoms with Crippen LogP contribution in [0.15, 0.2) is 29.2 Å². The molecule has 1 aromatic carbocycles. The van der Waals surface area contributed by atoms with E-state index in [9.17, 15) is 8.42 Å². The highest BCUT2D eigenvalue weighted by molar-refractivity contribution is 14.1. The van der Waals surface area contributed by atoms with Gasteiger partial charge in [-0.25, -0.2) is 13.1 Å². The van der Waals surface area contributed by atoms with E-state index in [1.165, 1.54) is 5.56 Å². The number of sulfonamides is 1. The minimum absolute atomic E-state index is 0.358. The van der Waals surface area contributed by atoms with Gasteiger partial charge in [0.25, 0.3) is 0 Å². The number of hydrogen-bond donors (Lipinski definition) is 1. The highest BCUT2D eigenvalue weighted by atomic mass is 127. The summed E-state index contributed by atoms with van der Waals surface area (Å²) < 4.78 is 27.6. The molecule has 18 heavy (non-hydrogen) atoms. The summed E-state index contributed by atoms with van der Waals surface area (Å²) in [6.45, 7) is 2.63. The molecule has 0 saturated heterocycles. The van der Waals surface area contributed by atoms with E-state index in [0.717, 1.165) is 30.1 Å². The largest absolute Gasteiger partial charge is 0.240 e. The van der Waals surface area contributed by atoms with E-state index >= 15 is 0 Å². The number of nitrogens with one attached hydrogen (secondary N) is 1. The lowest BCUT2D eigenvalue weighted by atomic mass is 10.1. The number of benzene rings is 1. The van der Waals surface area contributed by atoms with Gasteiger partial charge in [-0.15, -0.1) is 0 Å². The van der Waals surface area contributed by atoms with Gasteiger partial charge in [-0.05, 0) is 41.4 Å². The van der Waals surface area contributed by atoms with Crippen LogP contribution in [0, 0.1) is 0 Å². The Morgan fingerprint density at radius 1 is 1.17 bits per heavy atom. The average molecular weight is 381 g/mol. The SMILES string of the molecule is CCCc1ccc(S(=O)(=O)NCCCCI)cc1. The van der Waals surface area contributed by atoms with Gasteiger partial charge in [-0.3, -0.25) is 0 Å². The Bertz CT molecular complexity index is 443. The molecule has 0 unspecified atom stereocenters. The number of rotatable bonds is 8. The second-order valence-corrected chi connectivity index (χ2v) is 7.03. The zero-order valence-corrected chi connectivity index (χ0v) is 13.6. The zero-order chi connectivity index (χ0) is 13.4. The van der Waals surface area contributed by atoms with Crippen molar-refractivity contribution in [2.45, 2.75) is 37.5 Å². The van der Waals surface area contributed by atoms with Gasteiger partial charge >= 0.3 is 0 Å². The lowest BCUT2D eigenvalue weighted by Crippen LogP contribution is -2.24. The minimum Gasteiger partial charge on any atom is -0.211 e. The van der Waals surface area contributed by atoms with Crippen LogP contribution in [0.4, 0.5) is 0 Å². The molecule has 0 fully saturated rings. The second kappa shape index (κ2) is 8.12. The average Bonchev–Trinajstić information content (AvgIpc) is 2.36. The van der Waals surface area contributed by atoms with Gasteiger partial charge in [0.2, 0.25) is 10.0 Å². The van der Waals surface area contributed by atoms with Crippen molar-refractivity contribution in [2.24, 2.45) is 0 Å². The fourth-order valence-electron chi connectivity index (χ4n) is 1.63. The van der Waals surface area contributed by atoms with E-state index in [-0.39, 0.29) is 0 Å². The third-order valence-corrected chi connectivity index (χ3v) is 4.86. The van der Waals surface area contributed by atoms with Crippen LogP contribution in [0.3, 0.4) is 0 Å². The van der Waals surface area contributed by atoms with Crippen LogP contribution in [-0.2, 0) is 16.4 Å². The maximum Gasteiger partial charge on any atom is 0.240 e. The molecular weight excluding hydrogens is 361 g/mol. The molecule has 1 rings (SSSR count). The smallest absolute Gasteiger partial charge is 0.211 e. The second-order valence-electron chi connectivity index (χ2n) is 4.19. The summed E-state index contributed by atoms with van der Waals surface area (Å²) in [5.41, 5.74) is 1.18. The van der Waals surface area contributed by atoms with E-state index in [1.807, 2.05) is 12.1 Å². The number of halogens is 1. The summed E-state index contributed by atoms with van der Waals surface area (Å²) in [6, 6.07) is 7.16. The summed E-state index contributed by atoms with van der Waals surface area (Å²) >= 11 is 2.29. The first kappa shape index (κ1) is 15.9. The Hall–Kier alpha value is -0.140. The molecule has 1 aromatic rings. The van der Waals surface area contributed by atoms with Crippen molar-refractivity contribution in [3.05, 3.63) is 29.8 Å².